The van der Waals surface area contributed by atoms with Gasteiger partial charge in [0.05, 0.1) is 17.9 Å². The quantitative estimate of drug-likeness (QED) is 0.640. The molecule has 2 fully saturated rings. The third-order valence-corrected chi connectivity index (χ3v) is 7.06. The monoisotopic (exact) mass is 428 g/mol. The van der Waals surface area contributed by atoms with Gasteiger partial charge in [-0.05, 0) is 44.0 Å². The van der Waals surface area contributed by atoms with Gasteiger partial charge in [-0.1, -0.05) is 11.3 Å². The molecule has 30 heavy (non-hydrogen) atoms. The molecule has 1 unspecified atom stereocenters. The lowest BCUT2D eigenvalue weighted by molar-refractivity contribution is -0.135. The van der Waals surface area contributed by atoms with Crippen molar-refractivity contribution in [2.45, 2.75) is 25.8 Å². The first-order valence-electron chi connectivity index (χ1n) is 10.5. The number of aromatic nitrogens is 3. The molecule has 4 heterocycles. The Kier molecular flexibility index (Phi) is 5.16. The van der Waals surface area contributed by atoms with Gasteiger partial charge in [-0.25, -0.2) is 13.9 Å². The summed E-state index contributed by atoms with van der Waals surface area (Å²) in [6.07, 6.45) is 4.14. The van der Waals surface area contributed by atoms with Crippen molar-refractivity contribution in [2.75, 3.05) is 44.2 Å². The Balaban J connectivity index is 1.23. The van der Waals surface area contributed by atoms with E-state index in [0.29, 0.717) is 0 Å². The normalized spacial score (nSPS) is 19.0. The van der Waals surface area contributed by atoms with Crippen LogP contribution in [0.4, 0.5) is 9.52 Å². The number of benzene rings is 1. The van der Waals surface area contributed by atoms with E-state index < -0.39 is 0 Å². The molecule has 1 atom stereocenters. The highest BCUT2D eigenvalue weighted by molar-refractivity contribution is 7.20. The van der Waals surface area contributed by atoms with Crippen LogP contribution in [-0.2, 0) is 4.79 Å². The molecule has 2 aliphatic rings. The summed E-state index contributed by atoms with van der Waals surface area (Å²) in [5.41, 5.74) is 1.67. The zero-order chi connectivity index (χ0) is 20.7. The average molecular weight is 429 g/mol. The van der Waals surface area contributed by atoms with Crippen LogP contribution in [0.2, 0.25) is 0 Å². The Morgan fingerprint density at radius 2 is 1.77 bits per heavy atom. The Labute approximate surface area is 178 Å². The maximum atomic E-state index is 13.1. The number of likely N-dealkylation sites (tertiary alicyclic amines) is 1. The Morgan fingerprint density at radius 3 is 2.43 bits per heavy atom. The van der Waals surface area contributed by atoms with Gasteiger partial charge < -0.3 is 9.80 Å². The summed E-state index contributed by atoms with van der Waals surface area (Å²) >= 11 is 1.56. The van der Waals surface area contributed by atoms with Crippen molar-refractivity contribution in [2.24, 2.45) is 0 Å². The number of imidazole rings is 1. The van der Waals surface area contributed by atoms with Crippen LogP contribution in [0.15, 0.2) is 30.5 Å². The number of anilines is 1. The van der Waals surface area contributed by atoms with Crippen molar-refractivity contribution < 1.29 is 9.18 Å². The van der Waals surface area contributed by atoms with Crippen LogP contribution in [-0.4, -0.2) is 75.6 Å². The number of nitrogens with zero attached hydrogens (tertiary/aromatic N) is 6. The standard InChI is InChI=1S/C21H25FN6OS/c1-15(19(29)26-8-2-3-9-26)25-10-12-27(13-11-25)21-24-28-14-18(23-20(28)30-21)16-4-6-17(22)7-5-16/h4-7,14-15H,2-3,8-13H2,1H3. The number of piperazine rings is 1. The van der Waals surface area contributed by atoms with Crippen LogP contribution in [0.25, 0.3) is 16.2 Å². The second-order valence-electron chi connectivity index (χ2n) is 7.98. The molecule has 2 aliphatic heterocycles. The summed E-state index contributed by atoms with van der Waals surface area (Å²) in [5.74, 6) is 0.0118. The molecule has 3 aromatic rings. The summed E-state index contributed by atoms with van der Waals surface area (Å²) in [7, 11) is 0. The third kappa shape index (κ3) is 3.67. The second kappa shape index (κ2) is 7.96. The Hall–Kier alpha value is -2.52. The maximum absolute atomic E-state index is 13.1. The van der Waals surface area contributed by atoms with Crippen LogP contribution >= 0.6 is 11.3 Å². The summed E-state index contributed by atoms with van der Waals surface area (Å²) < 4.78 is 14.9. The molecule has 9 heteroatoms. The molecule has 0 spiro atoms. The van der Waals surface area contributed by atoms with E-state index in [2.05, 4.69) is 14.8 Å². The van der Waals surface area contributed by atoms with E-state index in [-0.39, 0.29) is 17.8 Å². The smallest absolute Gasteiger partial charge is 0.239 e. The van der Waals surface area contributed by atoms with Crippen LogP contribution in [0.1, 0.15) is 19.8 Å². The van der Waals surface area contributed by atoms with E-state index >= 15 is 0 Å². The largest absolute Gasteiger partial charge is 0.344 e. The Morgan fingerprint density at radius 1 is 1.07 bits per heavy atom. The molecule has 0 N–H and O–H groups in total. The molecular weight excluding hydrogens is 403 g/mol. The molecule has 7 nitrogen and oxygen atoms in total. The van der Waals surface area contributed by atoms with Gasteiger partial charge in [0.25, 0.3) is 0 Å². The number of amides is 1. The number of hydrogen-bond donors (Lipinski definition) is 0. The van der Waals surface area contributed by atoms with Gasteiger partial charge in [-0.15, -0.1) is 5.10 Å². The molecule has 2 aromatic heterocycles. The highest BCUT2D eigenvalue weighted by atomic mass is 32.1. The van der Waals surface area contributed by atoms with E-state index in [0.717, 1.165) is 73.5 Å². The van der Waals surface area contributed by atoms with Crippen molar-refractivity contribution in [3.63, 3.8) is 0 Å². The van der Waals surface area contributed by atoms with Gasteiger partial charge in [0.2, 0.25) is 16.0 Å². The van der Waals surface area contributed by atoms with E-state index in [1.165, 1.54) is 12.1 Å². The summed E-state index contributed by atoms with van der Waals surface area (Å²) in [5, 5.41) is 5.64. The Bertz CT molecular complexity index is 1000. The van der Waals surface area contributed by atoms with Crippen molar-refractivity contribution in [1.82, 2.24) is 24.4 Å². The van der Waals surface area contributed by atoms with Crippen molar-refractivity contribution in [3.8, 4) is 11.3 Å². The molecule has 0 aliphatic carbocycles. The van der Waals surface area contributed by atoms with Gasteiger partial charge in [-0.3, -0.25) is 9.69 Å². The zero-order valence-corrected chi connectivity index (χ0v) is 17.8. The minimum Gasteiger partial charge on any atom is -0.344 e. The number of hydrogen-bond acceptors (Lipinski definition) is 6. The fourth-order valence-corrected chi connectivity index (χ4v) is 5.17. The second-order valence-corrected chi connectivity index (χ2v) is 8.91. The van der Waals surface area contributed by atoms with Gasteiger partial charge in [-0.2, -0.15) is 0 Å². The average Bonchev–Trinajstić information content (AvgIpc) is 3.50. The summed E-state index contributed by atoms with van der Waals surface area (Å²) in [6, 6.07) is 6.28. The topological polar surface area (TPSA) is 57.0 Å². The lowest BCUT2D eigenvalue weighted by atomic mass is 10.2. The predicted molar refractivity (Wildman–Crippen MR) is 115 cm³/mol. The van der Waals surface area contributed by atoms with Crippen LogP contribution in [0, 0.1) is 5.82 Å². The molecular formula is C21H25FN6OS. The fourth-order valence-electron chi connectivity index (χ4n) is 4.24. The SMILES string of the molecule is CC(C(=O)N1CCCC1)N1CCN(c2nn3cc(-c4ccc(F)cc4)nc3s2)CC1. The highest BCUT2D eigenvalue weighted by Crippen LogP contribution is 2.28. The molecule has 2 saturated heterocycles. The predicted octanol–water partition coefficient (Wildman–Crippen LogP) is 2.73. The molecule has 0 bridgehead atoms. The first kappa shape index (κ1) is 19.4. The number of halogens is 1. The summed E-state index contributed by atoms with van der Waals surface area (Å²) in [4.78, 5) is 24.7. The van der Waals surface area contributed by atoms with Gasteiger partial charge in [0.15, 0.2) is 0 Å². The minimum absolute atomic E-state index is 0.0582. The van der Waals surface area contributed by atoms with E-state index in [4.69, 9.17) is 5.10 Å². The molecule has 5 rings (SSSR count). The van der Waals surface area contributed by atoms with Crippen LogP contribution in [0.3, 0.4) is 0 Å². The fraction of sp³-hybridized carbons (Fsp3) is 0.476. The molecule has 1 amide bonds. The summed E-state index contributed by atoms with van der Waals surface area (Å²) in [6.45, 7) is 7.24. The van der Waals surface area contributed by atoms with E-state index in [9.17, 15) is 9.18 Å². The number of rotatable bonds is 4. The van der Waals surface area contributed by atoms with Gasteiger partial charge in [0, 0.05) is 44.8 Å². The molecule has 158 valence electrons. The van der Waals surface area contributed by atoms with E-state index in [1.807, 2.05) is 18.0 Å². The number of carbonyl (C=O) groups is 1. The first-order chi connectivity index (χ1) is 14.6. The third-order valence-electron chi connectivity index (χ3n) is 6.08. The van der Waals surface area contributed by atoms with Crippen molar-refractivity contribution in [1.29, 1.82) is 0 Å². The van der Waals surface area contributed by atoms with Gasteiger partial charge in [0.1, 0.15) is 5.82 Å². The number of carbonyl (C=O) groups excluding carboxylic acids is 1. The van der Waals surface area contributed by atoms with Gasteiger partial charge >= 0.3 is 0 Å². The zero-order valence-electron chi connectivity index (χ0n) is 17.0. The lowest BCUT2D eigenvalue weighted by Gasteiger charge is -2.38. The van der Waals surface area contributed by atoms with Crippen molar-refractivity contribution in [3.05, 3.63) is 36.3 Å². The maximum Gasteiger partial charge on any atom is 0.239 e. The molecule has 1 aromatic carbocycles. The minimum atomic E-state index is -0.254. The van der Waals surface area contributed by atoms with Crippen LogP contribution in [0.5, 0.6) is 0 Å². The lowest BCUT2D eigenvalue weighted by Crippen LogP contribution is -2.54. The highest BCUT2D eigenvalue weighted by Gasteiger charge is 2.30. The van der Waals surface area contributed by atoms with E-state index in [1.54, 1.807) is 28.0 Å². The van der Waals surface area contributed by atoms with Crippen LogP contribution < -0.4 is 4.90 Å². The molecule has 0 saturated carbocycles. The molecule has 0 radical (unpaired) electrons. The van der Waals surface area contributed by atoms with Crippen molar-refractivity contribution >= 4 is 27.3 Å². The number of fused-ring (bicyclic) bond motifs is 1. The first-order valence-corrected chi connectivity index (χ1v) is 11.3.